The first-order valence-electron chi connectivity index (χ1n) is 16.3. The first-order chi connectivity index (χ1) is 24.2. The molecule has 3 nitrogen and oxygen atoms in total. The second-order valence-electron chi connectivity index (χ2n) is 12.3. The van der Waals surface area contributed by atoms with E-state index in [1.165, 1.54) is 38.2 Å². The molecule has 0 atom stereocenters. The predicted molar refractivity (Wildman–Crippen MR) is 202 cm³/mol. The van der Waals surface area contributed by atoms with Crippen LogP contribution in [0.5, 0.6) is 0 Å². The Hall–Kier alpha value is -6.94. The molecule has 1 heterocycles. The molecule has 0 saturated carbocycles. The molecule has 0 saturated heterocycles. The predicted octanol–water partition coefficient (Wildman–Crippen LogP) is 11.8. The fraction of sp³-hybridized carbons (Fsp3) is 0. The maximum atomic E-state index is 10.4. The zero-order valence-electron chi connectivity index (χ0n) is 26.4. The monoisotopic (exact) mass is 621 g/mol. The highest BCUT2D eigenvalue weighted by Gasteiger charge is 2.18. The molecular weight excluding hydrogens is 595 g/mol. The van der Waals surface area contributed by atoms with Crippen molar-refractivity contribution in [2.45, 2.75) is 0 Å². The smallest absolute Gasteiger partial charge is 0.0998 e. The van der Waals surface area contributed by atoms with E-state index in [9.17, 15) is 10.5 Å². The Bertz CT molecular complexity index is 2770. The molecule has 0 aliphatic heterocycles. The molecule has 0 spiro atoms. The summed E-state index contributed by atoms with van der Waals surface area (Å²) in [4.78, 5) is 0. The Morgan fingerprint density at radius 3 is 1.53 bits per heavy atom. The Morgan fingerprint density at radius 1 is 0.388 bits per heavy atom. The van der Waals surface area contributed by atoms with Crippen molar-refractivity contribution >= 4 is 43.4 Å². The molecule has 3 heteroatoms. The van der Waals surface area contributed by atoms with Gasteiger partial charge in [-0.25, -0.2) is 0 Å². The van der Waals surface area contributed by atoms with Gasteiger partial charge in [-0.05, 0) is 91.3 Å². The summed E-state index contributed by atoms with van der Waals surface area (Å²) in [7, 11) is 0. The van der Waals surface area contributed by atoms with E-state index in [1.807, 2.05) is 42.5 Å². The van der Waals surface area contributed by atoms with E-state index < -0.39 is 0 Å². The normalized spacial score (nSPS) is 11.2. The maximum absolute atomic E-state index is 10.4. The van der Waals surface area contributed by atoms with Gasteiger partial charge in [0.25, 0.3) is 0 Å². The van der Waals surface area contributed by atoms with Crippen LogP contribution in [0.15, 0.2) is 164 Å². The van der Waals surface area contributed by atoms with Gasteiger partial charge in [-0.3, -0.25) is 0 Å². The molecule has 0 aliphatic rings. The van der Waals surface area contributed by atoms with E-state index >= 15 is 0 Å². The fourth-order valence-electron chi connectivity index (χ4n) is 7.51. The third-order valence-electron chi connectivity index (χ3n) is 9.66. The van der Waals surface area contributed by atoms with E-state index in [1.54, 1.807) is 0 Å². The summed E-state index contributed by atoms with van der Waals surface area (Å²) < 4.78 is 2.18. The van der Waals surface area contributed by atoms with Crippen LogP contribution >= 0.6 is 0 Å². The number of para-hydroxylation sites is 1. The SMILES string of the molecule is N#Cc1ccc2c(c1)c1ccccc1n2-c1ccc(-c2ccc(-c3c4ccccc4c(-c4ccccc4)c4ccccc34)cc2)c(C#N)c1. The highest BCUT2D eigenvalue weighted by Crippen LogP contribution is 2.44. The molecule has 0 aliphatic carbocycles. The summed E-state index contributed by atoms with van der Waals surface area (Å²) in [6.07, 6.45) is 0. The average molecular weight is 622 g/mol. The largest absolute Gasteiger partial charge is 0.309 e. The molecule has 0 N–H and O–H groups in total. The van der Waals surface area contributed by atoms with Gasteiger partial charge in [-0.1, -0.05) is 127 Å². The van der Waals surface area contributed by atoms with Crippen LogP contribution in [0.4, 0.5) is 0 Å². The highest BCUT2D eigenvalue weighted by molar-refractivity contribution is 6.21. The lowest BCUT2D eigenvalue weighted by Gasteiger charge is -2.18. The van der Waals surface area contributed by atoms with Crippen molar-refractivity contribution in [3.8, 4) is 51.2 Å². The number of nitriles is 2. The van der Waals surface area contributed by atoms with Gasteiger partial charge >= 0.3 is 0 Å². The zero-order valence-corrected chi connectivity index (χ0v) is 26.4. The van der Waals surface area contributed by atoms with Gasteiger partial charge in [0, 0.05) is 16.5 Å². The average Bonchev–Trinajstić information content (AvgIpc) is 3.50. The number of nitrogens with zero attached hydrogens (tertiary/aromatic N) is 3. The van der Waals surface area contributed by atoms with Crippen molar-refractivity contribution in [3.05, 3.63) is 175 Å². The number of hydrogen-bond donors (Lipinski definition) is 0. The van der Waals surface area contributed by atoms with Gasteiger partial charge in [0.2, 0.25) is 0 Å². The minimum absolute atomic E-state index is 0.605. The molecule has 0 amide bonds. The van der Waals surface area contributed by atoms with E-state index in [0.717, 1.165) is 44.2 Å². The van der Waals surface area contributed by atoms with E-state index in [4.69, 9.17) is 0 Å². The third kappa shape index (κ3) is 4.49. The Kier molecular flexibility index (Phi) is 6.58. The molecule has 0 unspecified atom stereocenters. The summed E-state index contributed by atoms with van der Waals surface area (Å²) in [5.41, 5.74) is 10.8. The van der Waals surface area contributed by atoms with Crippen molar-refractivity contribution < 1.29 is 0 Å². The minimum atomic E-state index is 0.605. The molecule has 8 aromatic carbocycles. The Labute approximate surface area is 283 Å². The Morgan fingerprint density at radius 2 is 0.918 bits per heavy atom. The van der Waals surface area contributed by atoms with Crippen LogP contribution in [-0.4, -0.2) is 4.57 Å². The van der Waals surface area contributed by atoms with E-state index in [-0.39, 0.29) is 0 Å². The van der Waals surface area contributed by atoms with Crippen LogP contribution in [0.2, 0.25) is 0 Å². The maximum Gasteiger partial charge on any atom is 0.0998 e. The van der Waals surface area contributed by atoms with Crippen molar-refractivity contribution in [1.29, 1.82) is 10.5 Å². The lowest BCUT2D eigenvalue weighted by Crippen LogP contribution is -1.96. The molecule has 226 valence electrons. The van der Waals surface area contributed by atoms with Crippen LogP contribution in [0.3, 0.4) is 0 Å². The number of rotatable bonds is 4. The summed E-state index contributed by atoms with van der Waals surface area (Å²) in [6, 6.07) is 61.4. The van der Waals surface area contributed by atoms with Gasteiger partial charge in [0.1, 0.15) is 0 Å². The van der Waals surface area contributed by atoms with Crippen molar-refractivity contribution in [1.82, 2.24) is 4.57 Å². The van der Waals surface area contributed by atoms with Gasteiger partial charge in [-0.15, -0.1) is 0 Å². The quantitative estimate of drug-likeness (QED) is 0.184. The van der Waals surface area contributed by atoms with Crippen LogP contribution in [-0.2, 0) is 0 Å². The zero-order chi connectivity index (χ0) is 32.9. The number of hydrogen-bond acceptors (Lipinski definition) is 2. The van der Waals surface area contributed by atoms with E-state index in [2.05, 4.69) is 138 Å². The summed E-state index contributed by atoms with van der Waals surface area (Å²) in [5, 5.41) is 26.9. The van der Waals surface area contributed by atoms with Gasteiger partial charge < -0.3 is 4.57 Å². The van der Waals surface area contributed by atoms with Gasteiger partial charge in [0.05, 0.1) is 34.3 Å². The fourth-order valence-corrected chi connectivity index (χ4v) is 7.51. The number of fused-ring (bicyclic) bond motifs is 5. The standard InChI is InChI=1S/C46H27N3/c47-28-30-18-25-44-42(26-30)37-12-8-9-17-43(37)49(44)35-23-24-36(34(27-35)29-48)31-19-21-33(22-20-31)46-40-15-6-4-13-38(40)45(32-10-2-1-3-11-32)39-14-5-7-16-41(39)46/h1-27H. The molecule has 9 aromatic rings. The molecule has 0 bridgehead atoms. The first kappa shape index (κ1) is 28.3. The molecule has 0 fully saturated rings. The second kappa shape index (κ2) is 11.4. The molecule has 1 aromatic heterocycles. The summed E-state index contributed by atoms with van der Waals surface area (Å²) >= 11 is 0. The lowest BCUT2D eigenvalue weighted by molar-refractivity contribution is 1.18. The minimum Gasteiger partial charge on any atom is -0.309 e. The van der Waals surface area contributed by atoms with E-state index in [0.29, 0.717) is 11.1 Å². The summed E-state index contributed by atoms with van der Waals surface area (Å²) in [6.45, 7) is 0. The van der Waals surface area contributed by atoms with Crippen molar-refractivity contribution in [2.75, 3.05) is 0 Å². The third-order valence-corrected chi connectivity index (χ3v) is 9.66. The molecule has 9 rings (SSSR count). The van der Waals surface area contributed by atoms with Crippen LogP contribution < -0.4 is 0 Å². The van der Waals surface area contributed by atoms with Crippen LogP contribution in [0, 0.1) is 22.7 Å². The first-order valence-corrected chi connectivity index (χ1v) is 16.3. The highest BCUT2D eigenvalue weighted by atomic mass is 15.0. The van der Waals surface area contributed by atoms with Crippen LogP contribution in [0.25, 0.3) is 82.4 Å². The van der Waals surface area contributed by atoms with Gasteiger partial charge in [0.15, 0.2) is 0 Å². The Balaban J connectivity index is 1.17. The summed E-state index contributed by atoms with van der Waals surface area (Å²) in [5.74, 6) is 0. The topological polar surface area (TPSA) is 52.5 Å². The van der Waals surface area contributed by atoms with Crippen LogP contribution in [0.1, 0.15) is 11.1 Å². The number of aromatic nitrogens is 1. The van der Waals surface area contributed by atoms with Crippen molar-refractivity contribution in [2.24, 2.45) is 0 Å². The molecule has 0 radical (unpaired) electrons. The number of benzene rings is 8. The molecule has 49 heavy (non-hydrogen) atoms. The molecular formula is C46H27N3. The lowest BCUT2D eigenvalue weighted by atomic mass is 9.85. The second-order valence-corrected chi connectivity index (χ2v) is 12.3. The van der Waals surface area contributed by atoms with Gasteiger partial charge in [-0.2, -0.15) is 10.5 Å². The van der Waals surface area contributed by atoms with Crippen molar-refractivity contribution in [3.63, 3.8) is 0 Å².